The first-order valence-corrected chi connectivity index (χ1v) is 11.1. The number of halogens is 2. The Labute approximate surface area is 207 Å². The van der Waals surface area contributed by atoms with E-state index in [0.29, 0.717) is 21.5 Å². The summed E-state index contributed by atoms with van der Waals surface area (Å²) in [6, 6.07) is 17.9. The summed E-state index contributed by atoms with van der Waals surface area (Å²) in [4.78, 5) is 50.5. The second kappa shape index (κ2) is 10.3. The highest BCUT2D eigenvalue weighted by Gasteiger charge is 2.36. The van der Waals surface area contributed by atoms with E-state index in [1.54, 1.807) is 48.5 Å². The Morgan fingerprint density at radius 1 is 1.03 bits per heavy atom. The van der Waals surface area contributed by atoms with Crippen molar-refractivity contribution in [2.24, 2.45) is 0 Å². The Morgan fingerprint density at radius 3 is 2.46 bits per heavy atom. The predicted molar refractivity (Wildman–Crippen MR) is 130 cm³/mol. The van der Waals surface area contributed by atoms with Crippen LogP contribution in [-0.2, 0) is 14.4 Å². The highest BCUT2D eigenvalue weighted by molar-refractivity contribution is 9.10. The number of hydrogen-bond acceptors (Lipinski definition) is 5. The summed E-state index contributed by atoms with van der Waals surface area (Å²) in [5.74, 6) is -2.37. The summed E-state index contributed by atoms with van der Waals surface area (Å²) >= 11 is 3.33. The molecule has 3 aromatic rings. The van der Waals surface area contributed by atoms with E-state index < -0.39 is 29.6 Å². The van der Waals surface area contributed by atoms with Crippen LogP contribution in [0.4, 0.5) is 20.6 Å². The maximum atomic E-state index is 13.7. The second-order valence-corrected chi connectivity index (χ2v) is 8.15. The third kappa shape index (κ3) is 5.44. The normalized spacial score (nSPS) is 14.6. The van der Waals surface area contributed by atoms with Crippen molar-refractivity contribution in [2.75, 3.05) is 16.8 Å². The predicted octanol–water partition coefficient (Wildman–Crippen LogP) is 4.27. The zero-order chi connectivity index (χ0) is 24.9. The largest absolute Gasteiger partial charge is 0.483 e. The van der Waals surface area contributed by atoms with Gasteiger partial charge in [-0.05, 0) is 64.0 Å². The number of benzene rings is 3. The van der Waals surface area contributed by atoms with E-state index in [1.165, 1.54) is 30.3 Å². The Bertz CT molecular complexity index is 1360. The molecule has 1 heterocycles. The number of ether oxygens (including phenoxy) is 1. The van der Waals surface area contributed by atoms with Gasteiger partial charge in [-0.2, -0.15) is 0 Å². The SMILES string of the molecule is O=C(COc1ccc(/C=C2/C(=O)NC(=O)N(c3ccccc3)C2=O)cc1Br)Nc1ccccc1F. The first-order valence-electron chi connectivity index (χ1n) is 10.3. The van der Waals surface area contributed by atoms with Gasteiger partial charge in [-0.15, -0.1) is 0 Å². The van der Waals surface area contributed by atoms with Crippen molar-refractivity contribution in [3.8, 4) is 5.75 Å². The fraction of sp³-hybridized carbons (Fsp3) is 0.0400. The Balaban J connectivity index is 1.47. The number of amides is 5. The first-order chi connectivity index (χ1) is 16.8. The first kappa shape index (κ1) is 23.8. The lowest BCUT2D eigenvalue weighted by Crippen LogP contribution is -2.54. The minimum absolute atomic E-state index is 0.0422. The summed E-state index contributed by atoms with van der Waals surface area (Å²) in [5, 5.41) is 4.58. The third-order valence-corrected chi connectivity index (χ3v) is 5.51. The number of urea groups is 1. The number of hydrogen-bond donors (Lipinski definition) is 2. The molecule has 0 aromatic heterocycles. The monoisotopic (exact) mass is 537 g/mol. The van der Waals surface area contributed by atoms with Crippen molar-refractivity contribution in [1.29, 1.82) is 0 Å². The molecule has 5 amide bonds. The van der Waals surface area contributed by atoms with E-state index in [0.717, 1.165) is 4.90 Å². The summed E-state index contributed by atoms with van der Waals surface area (Å²) in [7, 11) is 0. The Hall–Kier alpha value is -4.31. The van der Waals surface area contributed by atoms with Gasteiger partial charge in [0.2, 0.25) is 0 Å². The molecule has 0 atom stereocenters. The summed E-state index contributed by atoms with van der Waals surface area (Å²) in [6.45, 7) is -0.373. The zero-order valence-electron chi connectivity index (χ0n) is 18.0. The lowest BCUT2D eigenvalue weighted by molar-refractivity contribution is -0.122. The fourth-order valence-corrected chi connectivity index (χ4v) is 3.76. The molecule has 1 saturated heterocycles. The van der Waals surface area contributed by atoms with Crippen molar-refractivity contribution < 1.29 is 28.3 Å². The number of nitrogens with one attached hydrogen (secondary N) is 2. The molecule has 1 aliphatic rings. The van der Waals surface area contributed by atoms with Gasteiger partial charge in [-0.3, -0.25) is 19.7 Å². The average molecular weight is 538 g/mol. The molecule has 176 valence electrons. The number of nitrogens with zero attached hydrogens (tertiary/aromatic N) is 1. The maximum absolute atomic E-state index is 13.7. The van der Waals surface area contributed by atoms with Crippen molar-refractivity contribution >= 4 is 57.1 Å². The van der Waals surface area contributed by atoms with Gasteiger partial charge in [-0.1, -0.05) is 36.4 Å². The molecule has 35 heavy (non-hydrogen) atoms. The molecule has 10 heteroatoms. The standard InChI is InChI=1S/C25H17BrFN3O5/c26-18-13-15(10-11-21(18)35-14-22(31)28-20-9-5-4-8-19(20)27)12-17-23(32)29-25(34)30(24(17)33)16-6-2-1-3-7-16/h1-13H,14H2,(H,28,31)(H,29,32,34)/b17-12-. The average Bonchev–Trinajstić information content (AvgIpc) is 2.83. The van der Waals surface area contributed by atoms with Gasteiger partial charge in [0, 0.05) is 0 Å². The van der Waals surface area contributed by atoms with Crippen LogP contribution in [0, 0.1) is 5.82 Å². The molecule has 0 spiro atoms. The molecule has 1 fully saturated rings. The number of rotatable bonds is 6. The van der Waals surface area contributed by atoms with E-state index in [4.69, 9.17) is 4.74 Å². The smallest absolute Gasteiger partial charge is 0.335 e. The lowest BCUT2D eigenvalue weighted by atomic mass is 10.1. The van der Waals surface area contributed by atoms with E-state index in [1.807, 2.05) is 0 Å². The Morgan fingerprint density at radius 2 is 1.74 bits per heavy atom. The van der Waals surface area contributed by atoms with E-state index in [-0.39, 0.29) is 17.9 Å². The Kier molecular flexibility index (Phi) is 7.02. The van der Waals surface area contributed by atoms with Gasteiger partial charge in [-0.25, -0.2) is 14.1 Å². The highest BCUT2D eigenvalue weighted by Crippen LogP contribution is 2.28. The van der Waals surface area contributed by atoms with Gasteiger partial charge < -0.3 is 10.1 Å². The van der Waals surface area contributed by atoms with Crippen molar-refractivity contribution in [3.05, 3.63) is 94.2 Å². The molecule has 0 bridgehead atoms. The minimum atomic E-state index is -0.832. The van der Waals surface area contributed by atoms with Crippen LogP contribution in [0.1, 0.15) is 5.56 Å². The molecule has 8 nitrogen and oxygen atoms in total. The van der Waals surface area contributed by atoms with Crippen molar-refractivity contribution in [3.63, 3.8) is 0 Å². The van der Waals surface area contributed by atoms with Crippen LogP contribution in [0.5, 0.6) is 5.75 Å². The topological polar surface area (TPSA) is 105 Å². The van der Waals surface area contributed by atoms with E-state index in [2.05, 4.69) is 26.6 Å². The third-order valence-electron chi connectivity index (χ3n) is 4.89. The van der Waals surface area contributed by atoms with Crippen molar-refractivity contribution in [2.45, 2.75) is 0 Å². The van der Waals surface area contributed by atoms with Crippen LogP contribution in [0.15, 0.2) is 82.8 Å². The van der Waals surface area contributed by atoms with Crippen LogP contribution < -0.4 is 20.3 Å². The van der Waals surface area contributed by atoms with Crippen LogP contribution in [0.3, 0.4) is 0 Å². The minimum Gasteiger partial charge on any atom is -0.483 e. The molecule has 0 unspecified atom stereocenters. The summed E-state index contributed by atoms with van der Waals surface area (Å²) < 4.78 is 19.6. The molecule has 1 aliphatic heterocycles. The van der Waals surface area contributed by atoms with Gasteiger partial charge in [0.1, 0.15) is 17.1 Å². The molecule has 0 radical (unpaired) electrons. The number of imide groups is 2. The molecule has 0 saturated carbocycles. The van der Waals surface area contributed by atoms with Crippen LogP contribution in [0.25, 0.3) is 6.08 Å². The fourth-order valence-electron chi connectivity index (χ4n) is 3.25. The molecule has 2 N–H and O–H groups in total. The number of para-hydroxylation sites is 2. The van der Waals surface area contributed by atoms with Gasteiger partial charge in [0.05, 0.1) is 15.8 Å². The van der Waals surface area contributed by atoms with Crippen LogP contribution in [0.2, 0.25) is 0 Å². The zero-order valence-corrected chi connectivity index (χ0v) is 19.5. The summed E-state index contributed by atoms with van der Waals surface area (Å²) in [5.41, 5.74) is 0.617. The van der Waals surface area contributed by atoms with E-state index >= 15 is 0 Å². The number of carbonyl (C=O) groups is 4. The highest BCUT2D eigenvalue weighted by atomic mass is 79.9. The number of barbiturate groups is 1. The van der Waals surface area contributed by atoms with E-state index in [9.17, 15) is 23.6 Å². The maximum Gasteiger partial charge on any atom is 0.335 e. The van der Waals surface area contributed by atoms with Crippen LogP contribution in [-0.4, -0.2) is 30.4 Å². The second-order valence-electron chi connectivity index (χ2n) is 7.30. The lowest BCUT2D eigenvalue weighted by Gasteiger charge is -2.26. The molecule has 3 aromatic carbocycles. The number of anilines is 2. The van der Waals surface area contributed by atoms with Gasteiger partial charge in [0.25, 0.3) is 17.7 Å². The molecular formula is C25H17BrFN3O5. The van der Waals surface area contributed by atoms with Gasteiger partial charge >= 0.3 is 6.03 Å². The molecule has 4 rings (SSSR count). The molecular weight excluding hydrogens is 521 g/mol. The van der Waals surface area contributed by atoms with Crippen molar-refractivity contribution in [1.82, 2.24) is 5.32 Å². The molecule has 0 aliphatic carbocycles. The summed E-state index contributed by atoms with van der Waals surface area (Å²) in [6.07, 6.45) is 1.35. The van der Waals surface area contributed by atoms with Gasteiger partial charge in [0.15, 0.2) is 6.61 Å². The van der Waals surface area contributed by atoms with Crippen LogP contribution >= 0.6 is 15.9 Å². The number of carbonyl (C=O) groups excluding carboxylic acids is 4. The quantitative estimate of drug-likeness (QED) is 0.361.